The molecule has 0 atom stereocenters. The monoisotopic (exact) mass is 256 g/mol. The highest BCUT2D eigenvalue weighted by Gasteiger charge is 2.13. The quantitative estimate of drug-likeness (QED) is 0.727. The smallest absolute Gasteiger partial charge is 0.279 e. The van der Waals surface area contributed by atoms with Gasteiger partial charge in [-0.3, -0.25) is 4.79 Å². The minimum Gasteiger partial charge on any atom is -0.360 e. The zero-order valence-electron chi connectivity index (χ0n) is 9.35. The van der Waals surface area contributed by atoms with Crippen LogP contribution in [0.15, 0.2) is 53.6 Å². The van der Waals surface area contributed by atoms with Crippen molar-refractivity contribution in [3.8, 4) is 22.4 Å². The first-order valence-corrected chi connectivity index (χ1v) is 5.86. The van der Waals surface area contributed by atoms with Crippen LogP contribution in [0.25, 0.3) is 22.4 Å². The van der Waals surface area contributed by atoms with Gasteiger partial charge in [-0.25, -0.2) is 4.98 Å². The van der Waals surface area contributed by atoms with Gasteiger partial charge in [0.05, 0.1) is 11.3 Å². The van der Waals surface area contributed by atoms with E-state index in [1.807, 2.05) is 24.3 Å². The van der Waals surface area contributed by atoms with Gasteiger partial charge in [0.15, 0.2) is 0 Å². The van der Waals surface area contributed by atoms with Crippen molar-refractivity contribution in [3.63, 3.8) is 0 Å². The van der Waals surface area contributed by atoms with Crippen LogP contribution in [-0.4, -0.2) is 9.97 Å². The van der Waals surface area contributed by atoms with Crippen LogP contribution in [-0.2, 0) is 0 Å². The van der Waals surface area contributed by atoms with Crippen LogP contribution in [0.1, 0.15) is 0 Å². The Morgan fingerprint density at radius 3 is 2.83 bits per heavy atom. The summed E-state index contributed by atoms with van der Waals surface area (Å²) < 4.78 is 0. The number of aromatic nitrogens is 2. The van der Waals surface area contributed by atoms with Gasteiger partial charge in [0, 0.05) is 23.0 Å². The molecular weight excluding hydrogens is 248 g/mol. The first-order chi connectivity index (χ1) is 8.75. The number of halogens is 1. The van der Waals surface area contributed by atoms with Gasteiger partial charge >= 0.3 is 0 Å². The van der Waals surface area contributed by atoms with E-state index in [1.54, 1.807) is 24.5 Å². The maximum absolute atomic E-state index is 11.7. The van der Waals surface area contributed by atoms with Crippen LogP contribution in [0, 0.1) is 0 Å². The van der Waals surface area contributed by atoms with Crippen LogP contribution < -0.4 is 5.56 Å². The van der Waals surface area contributed by atoms with Crippen molar-refractivity contribution in [3.05, 3.63) is 64.2 Å². The molecule has 0 amide bonds. The number of pyridine rings is 2. The number of H-pyrrole nitrogens is 1. The topological polar surface area (TPSA) is 45.8 Å². The minimum atomic E-state index is -0.229. The molecule has 0 aromatic heterocycles. The lowest BCUT2D eigenvalue weighted by atomic mass is 10.0. The van der Waals surface area contributed by atoms with Crippen LogP contribution in [0.3, 0.4) is 0 Å². The fourth-order valence-corrected chi connectivity index (χ4v) is 2.16. The van der Waals surface area contributed by atoms with Gasteiger partial charge < -0.3 is 4.98 Å². The van der Waals surface area contributed by atoms with Gasteiger partial charge in [0.1, 0.15) is 0 Å². The molecule has 0 aliphatic carbocycles. The van der Waals surface area contributed by atoms with Gasteiger partial charge in [0.2, 0.25) is 0 Å². The molecule has 88 valence electrons. The molecule has 0 saturated heterocycles. The van der Waals surface area contributed by atoms with Crippen molar-refractivity contribution >= 4 is 11.6 Å². The molecule has 3 rings (SSSR count). The van der Waals surface area contributed by atoms with Crippen molar-refractivity contribution in [2.75, 3.05) is 0 Å². The molecule has 3 nitrogen and oxygen atoms in total. The summed E-state index contributed by atoms with van der Waals surface area (Å²) in [4.78, 5) is 18.7. The number of nitrogens with one attached hydrogen (secondary N) is 1. The van der Waals surface area contributed by atoms with Crippen LogP contribution >= 0.6 is 11.6 Å². The third-order valence-electron chi connectivity index (χ3n) is 2.80. The Labute approximate surface area is 108 Å². The maximum atomic E-state index is 11.7. The SMILES string of the molecule is O=c1ncc(-c2cccc(Cl)c2)c2[nH]cccc1-2. The molecule has 0 spiro atoms. The molecule has 1 aromatic carbocycles. The van der Waals surface area contributed by atoms with E-state index < -0.39 is 0 Å². The minimum absolute atomic E-state index is 0.229. The lowest BCUT2D eigenvalue weighted by Crippen LogP contribution is -2.11. The summed E-state index contributed by atoms with van der Waals surface area (Å²) in [5.41, 5.74) is 2.93. The van der Waals surface area contributed by atoms with E-state index in [0.717, 1.165) is 16.8 Å². The van der Waals surface area contributed by atoms with Crippen molar-refractivity contribution < 1.29 is 0 Å². The molecule has 0 saturated carbocycles. The number of hydrogen-bond acceptors (Lipinski definition) is 2. The van der Waals surface area contributed by atoms with E-state index in [1.165, 1.54) is 0 Å². The summed E-state index contributed by atoms with van der Waals surface area (Å²) in [7, 11) is 0. The van der Waals surface area contributed by atoms with Gasteiger partial charge in [-0.1, -0.05) is 23.7 Å². The van der Waals surface area contributed by atoms with Gasteiger partial charge in [-0.15, -0.1) is 0 Å². The Morgan fingerprint density at radius 2 is 2.00 bits per heavy atom. The maximum Gasteiger partial charge on any atom is 0.279 e. The highest BCUT2D eigenvalue weighted by Crippen LogP contribution is 2.29. The number of hydrogen-bond donors (Lipinski definition) is 1. The highest BCUT2D eigenvalue weighted by molar-refractivity contribution is 6.30. The first kappa shape index (κ1) is 11.0. The van der Waals surface area contributed by atoms with Gasteiger partial charge in [-0.2, -0.15) is 0 Å². The average molecular weight is 257 g/mol. The molecule has 1 aromatic rings. The Morgan fingerprint density at radius 1 is 1.11 bits per heavy atom. The van der Waals surface area contributed by atoms with Crippen molar-refractivity contribution in [1.82, 2.24) is 9.97 Å². The first-order valence-electron chi connectivity index (χ1n) is 5.48. The summed E-state index contributed by atoms with van der Waals surface area (Å²) in [6.07, 6.45) is 3.36. The molecule has 18 heavy (non-hydrogen) atoms. The van der Waals surface area contributed by atoms with E-state index in [-0.39, 0.29) is 5.56 Å². The normalized spacial score (nSPS) is 10.7. The Kier molecular flexibility index (Phi) is 2.61. The second-order valence-corrected chi connectivity index (χ2v) is 4.38. The third-order valence-corrected chi connectivity index (χ3v) is 3.04. The summed E-state index contributed by atoms with van der Waals surface area (Å²) >= 11 is 5.98. The number of rotatable bonds is 1. The molecule has 2 heterocycles. The summed E-state index contributed by atoms with van der Waals surface area (Å²) in [6, 6.07) is 11.0. The molecule has 0 bridgehead atoms. The second kappa shape index (κ2) is 4.27. The molecule has 2 aliphatic heterocycles. The lowest BCUT2D eigenvalue weighted by Gasteiger charge is -2.10. The van der Waals surface area contributed by atoms with Crippen molar-refractivity contribution in [2.45, 2.75) is 0 Å². The largest absolute Gasteiger partial charge is 0.360 e. The number of nitrogens with zero attached hydrogens (tertiary/aromatic N) is 1. The van der Waals surface area contributed by atoms with Gasteiger partial charge in [0.25, 0.3) is 5.56 Å². The molecule has 2 aliphatic rings. The summed E-state index contributed by atoms with van der Waals surface area (Å²) in [6.45, 7) is 0. The Balaban J connectivity index is 2.32. The fourth-order valence-electron chi connectivity index (χ4n) is 1.97. The van der Waals surface area contributed by atoms with Crippen molar-refractivity contribution in [2.24, 2.45) is 0 Å². The van der Waals surface area contributed by atoms with E-state index in [2.05, 4.69) is 9.97 Å². The van der Waals surface area contributed by atoms with Crippen molar-refractivity contribution in [1.29, 1.82) is 0 Å². The third kappa shape index (κ3) is 1.79. The lowest BCUT2D eigenvalue weighted by molar-refractivity contribution is 1.19. The Bertz CT molecular complexity index is 736. The van der Waals surface area contributed by atoms with E-state index in [9.17, 15) is 4.79 Å². The second-order valence-electron chi connectivity index (χ2n) is 3.95. The van der Waals surface area contributed by atoms with E-state index in [4.69, 9.17) is 11.6 Å². The molecule has 0 unspecified atom stereocenters. The standard InChI is InChI=1S/C14H9ClN2O/c15-10-4-1-3-9(7-10)12-8-17-14(18)11-5-2-6-16-13(11)12/h1-8,16H. The van der Waals surface area contributed by atoms with Crippen LogP contribution in [0.4, 0.5) is 0 Å². The van der Waals surface area contributed by atoms with Gasteiger partial charge in [-0.05, 0) is 29.8 Å². The zero-order valence-corrected chi connectivity index (χ0v) is 10.1. The predicted octanol–water partition coefficient (Wildman–Crippen LogP) is 3.20. The molecule has 0 radical (unpaired) electrons. The van der Waals surface area contributed by atoms with Crippen LogP contribution in [0.5, 0.6) is 0 Å². The number of fused-ring (bicyclic) bond motifs is 1. The van der Waals surface area contributed by atoms with E-state index in [0.29, 0.717) is 10.6 Å². The van der Waals surface area contributed by atoms with Crippen LogP contribution in [0.2, 0.25) is 5.02 Å². The predicted molar refractivity (Wildman–Crippen MR) is 71.9 cm³/mol. The molecule has 4 heteroatoms. The number of aromatic amines is 1. The zero-order chi connectivity index (χ0) is 12.5. The summed E-state index contributed by atoms with van der Waals surface area (Å²) in [5.74, 6) is 0. The Hall–Kier alpha value is -2.13. The average Bonchev–Trinajstić information content (AvgIpc) is 2.39. The molecule has 1 N–H and O–H groups in total. The number of benzene rings is 1. The van der Waals surface area contributed by atoms with E-state index >= 15 is 0 Å². The summed E-state index contributed by atoms with van der Waals surface area (Å²) in [5, 5.41) is 0.655. The highest BCUT2D eigenvalue weighted by atomic mass is 35.5. The fraction of sp³-hybridized carbons (Fsp3) is 0. The molecular formula is C14H9ClN2O. The molecule has 0 fully saturated rings.